The maximum atomic E-state index is 11.9. The largest absolute Gasteiger partial charge is 0.392 e. The molecule has 0 saturated carbocycles. The Labute approximate surface area is 359 Å². The fourth-order valence-corrected chi connectivity index (χ4v) is 23.9. The zero-order chi connectivity index (χ0) is 39.3. The fraction of sp³-hybridized carbons (Fsp3) is 0.0938. The average molecular weight is 810 g/mol. The molecule has 2 nitrogen and oxygen atoms in total. The van der Waals surface area contributed by atoms with Gasteiger partial charge >= 0.3 is 0 Å². The van der Waals surface area contributed by atoms with E-state index in [0.29, 0.717) is 6.54 Å². The minimum absolute atomic E-state index is 0.159. The molecule has 0 aromatic heterocycles. The Morgan fingerprint density at radius 3 is 0.667 bits per heavy atom. The Hall–Kier alpha value is -7.62. The second-order valence-corrected chi connectivity index (χ2v) is 24.5. The molecule has 0 bridgehead atoms. The summed E-state index contributed by atoms with van der Waals surface area (Å²) in [5, 5.41) is 105. The molecule has 1 unspecified atom stereocenters. The van der Waals surface area contributed by atoms with Crippen molar-refractivity contribution in [2.24, 2.45) is 0 Å². The molecule has 0 spiro atoms. The number of aliphatic hydroxyl groups is 1. The first kappa shape index (κ1) is 24.6. The smallest absolute Gasteiger partial charge is 0.0828 e. The first-order chi connectivity index (χ1) is 32.8. The summed E-state index contributed by atoms with van der Waals surface area (Å²) >= 11 is 0. The highest BCUT2D eigenvalue weighted by atomic mass is 16.3. The molecule has 32 rings (SSSR count). The molecule has 66 heavy (non-hydrogen) atoms. The lowest BCUT2D eigenvalue weighted by Gasteiger charge is -2.46. The highest BCUT2D eigenvalue weighted by Gasteiger charge is 2.63. The molecule has 0 heterocycles. The van der Waals surface area contributed by atoms with Crippen molar-refractivity contribution in [3.63, 3.8) is 0 Å². The van der Waals surface area contributed by atoms with E-state index >= 15 is 0 Å². The highest BCUT2D eigenvalue weighted by molar-refractivity contribution is 6.82. The van der Waals surface area contributed by atoms with E-state index < -0.39 is 11.6 Å². The van der Waals surface area contributed by atoms with Crippen LogP contribution >= 0.6 is 0 Å². The second-order valence-electron chi connectivity index (χ2n) is 24.5. The number of nitrogens with one attached hydrogen (secondary N) is 1. The molecule has 0 amide bonds. The number of benzene rings is 18. The third kappa shape index (κ3) is 1.29. The standard InChI is InChI=1S/C64H11NO/c1-2-4(66)3-65-64-61-57-51-37-29-21-9-6-5-7-10(9)22-24-20-14(7)16-12-8(5)11-15-13(6)19-23(21)35(37)43-41-27(19)25(15)33-31-17(11)18(12)32-34-26(16)28(20)42-44-36(24)38(30(22)29)52(51)58(61)54(44)56-48(42)46(34)50-40(32)39(31)49-45(33)47(41)55(53(43)57)62(64)59(49)60(50)63(56)64/h4,61,65-66H,2-3H2,1H3. The van der Waals surface area contributed by atoms with Crippen LogP contribution in [0.4, 0.5) is 0 Å². The van der Waals surface area contributed by atoms with E-state index in [-0.39, 0.29) is 5.92 Å². The summed E-state index contributed by atoms with van der Waals surface area (Å²) < 4.78 is 0. The SMILES string of the molecule is CCC(O)CNC12c3c4c5c6c7c8c(c9c%10c1c1c3c3c%11c4c4c5c5c7c7c%12c8c8c9c9c%10c%10c1c1c3c3c%11c%11c4c4c5c7c5c7c%12c8c8c9c9c%10c1c1c3c3c%11c4c5c4c7c8c9c1c34)C62. The second kappa shape index (κ2) is 5.54. The predicted molar refractivity (Wildman–Crippen MR) is 279 cm³/mol. The van der Waals surface area contributed by atoms with E-state index in [9.17, 15) is 5.11 Å². The van der Waals surface area contributed by atoms with E-state index in [1.165, 1.54) is 0 Å². The van der Waals surface area contributed by atoms with Crippen molar-refractivity contribution < 1.29 is 5.11 Å². The first-order valence-electron chi connectivity index (χ1n) is 25.0. The quantitative estimate of drug-likeness (QED) is 0.174. The van der Waals surface area contributed by atoms with Crippen LogP contribution < -0.4 is 5.32 Å². The minimum Gasteiger partial charge on any atom is -0.392 e. The lowest BCUT2D eigenvalue weighted by molar-refractivity contribution is 0.153. The van der Waals surface area contributed by atoms with E-state index in [4.69, 9.17) is 0 Å². The van der Waals surface area contributed by atoms with Gasteiger partial charge in [0.2, 0.25) is 0 Å². The lowest BCUT2D eigenvalue weighted by atomic mass is 9.62. The summed E-state index contributed by atoms with van der Waals surface area (Å²) in [5.41, 5.74) is 6.10. The molecule has 4 aliphatic carbocycles. The molecule has 0 aliphatic heterocycles. The molecule has 2 heteroatoms. The zero-order valence-electron chi connectivity index (χ0n) is 34.0. The van der Waals surface area contributed by atoms with Crippen LogP contribution in [-0.4, -0.2) is 17.8 Å². The van der Waals surface area contributed by atoms with Gasteiger partial charge in [-0.1, -0.05) is 6.92 Å². The van der Waals surface area contributed by atoms with Gasteiger partial charge in [0, 0.05) is 12.5 Å². The molecule has 4 aliphatic rings. The van der Waals surface area contributed by atoms with Crippen LogP contribution in [0.2, 0.25) is 0 Å². The van der Waals surface area contributed by atoms with Crippen LogP contribution in [0.25, 0.3) is 291 Å². The summed E-state index contributed by atoms with van der Waals surface area (Å²) in [6.07, 6.45) is 0.345. The fourth-order valence-electron chi connectivity index (χ4n) is 23.9. The first-order valence-corrected chi connectivity index (χ1v) is 25.0. The van der Waals surface area contributed by atoms with E-state index in [0.717, 1.165) is 6.42 Å². The molecule has 278 valence electrons. The van der Waals surface area contributed by atoms with Gasteiger partial charge in [-0.15, -0.1) is 0 Å². The van der Waals surface area contributed by atoms with Crippen molar-refractivity contribution in [3.8, 4) is 0 Å². The average Bonchev–Trinajstić information content (AvgIpc) is 4.17. The van der Waals surface area contributed by atoms with Crippen molar-refractivity contribution in [1.29, 1.82) is 0 Å². The van der Waals surface area contributed by atoms with Gasteiger partial charge < -0.3 is 10.4 Å². The van der Waals surface area contributed by atoms with Crippen molar-refractivity contribution >= 4 is 291 Å². The molecular weight excluding hydrogens is 799 g/mol. The number of rotatable bonds is 4. The third-order valence-electron chi connectivity index (χ3n) is 24.2. The molecule has 1 atom stereocenters. The van der Waals surface area contributed by atoms with Crippen LogP contribution in [0.5, 0.6) is 0 Å². The van der Waals surface area contributed by atoms with Gasteiger partial charge in [-0.2, -0.15) is 0 Å². The molecule has 0 saturated heterocycles. The predicted octanol–water partition coefficient (Wildman–Crippen LogP) is 16.5. The Bertz CT molecular complexity index is 6740. The van der Waals surface area contributed by atoms with Crippen LogP contribution in [0.1, 0.15) is 41.5 Å². The minimum atomic E-state index is -0.471. The van der Waals surface area contributed by atoms with Crippen LogP contribution in [0.3, 0.4) is 0 Å². The molecule has 28 aromatic carbocycles. The van der Waals surface area contributed by atoms with Gasteiger partial charge in [0.1, 0.15) is 0 Å². The molecular formula is C64H11NO. The van der Waals surface area contributed by atoms with E-state index in [1.807, 2.05) is 0 Å². The Morgan fingerprint density at radius 1 is 0.288 bits per heavy atom. The lowest BCUT2D eigenvalue weighted by Crippen LogP contribution is -2.51. The summed E-state index contributed by atoms with van der Waals surface area (Å²) in [4.78, 5) is 0. The van der Waals surface area contributed by atoms with Crippen molar-refractivity contribution in [3.05, 3.63) is 22.3 Å². The van der Waals surface area contributed by atoms with Gasteiger partial charge in [-0.05, 0) is 320 Å². The Kier molecular flexibility index (Phi) is 2.07. The van der Waals surface area contributed by atoms with Gasteiger partial charge in [0.25, 0.3) is 0 Å². The highest BCUT2D eigenvalue weighted by Crippen LogP contribution is 2.83. The monoisotopic (exact) mass is 809 g/mol. The van der Waals surface area contributed by atoms with Crippen LogP contribution in [0, 0.1) is 0 Å². The van der Waals surface area contributed by atoms with Gasteiger partial charge in [0.15, 0.2) is 0 Å². The zero-order valence-corrected chi connectivity index (χ0v) is 34.0. The third-order valence-corrected chi connectivity index (χ3v) is 24.2. The molecule has 0 radical (unpaired) electrons. The van der Waals surface area contributed by atoms with Gasteiger partial charge in [-0.3, -0.25) is 0 Å². The van der Waals surface area contributed by atoms with E-state index in [1.54, 1.807) is 313 Å². The van der Waals surface area contributed by atoms with Crippen LogP contribution in [0.15, 0.2) is 0 Å². The molecule has 0 fully saturated rings. The topological polar surface area (TPSA) is 32.3 Å². The number of hydrogen-bond acceptors (Lipinski definition) is 2. The molecule has 2 N–H and O–H groups in total. The summed E-state index contributed by atoms with van der Waals surface area (Å²) in [6.45, 7) is 2.78. The van der Waals surface area contributed by atoms with E-state index in [2.05, 4.69) is 12.2 Å². The van der Waals surface area contributed by atoms with Crippen molar-refractivity contribution in [1.82, 2.24) is 5.32 Å². The van der Waals surface area contributed by atoms with Gasteiger partial charge in [-0.25, -0.2) is 0 Å². The van der Waals surface area contributed by atoms with Crippen molar-refractivity contribution in [2.45, 2.75) is 30.9 Å². The summed E-state index contributed by atoms with van der Waals surface area (Å²) in [5.74, 6) is 0.159. The maximum absolute atomic E-state index is 11.9. The van der Waals surface area contributed by atoms with Crippen molar-refractivity contribution in [2.75, 3.05) is 6.54 Å². The number of hydrogen-bond donors (Lipinski definition) is 2. The van der Waals surface area contributed by atoms with Gasteiger partial charge in [0.05, 0.1) is 11.6 Å². The number of aliphatic hydroxyl groups excluding tert-OH is 1. The summed E-state index contributed by atoms with van der Waals surface area (Å²) in [6, 6.07) is 0. The van der Waals surface area contributed by atoms with Crippen LogP contribution in [-0.2, 0) is 5.54 Å². The normalized spacial score (nSPS) is 21.8. The maximum Gasteiger partial charge on any atom is 0.0828 e. The Morgan fingerprint density at radius 2 is 0.455 bits per heavy atom. The Balaban J connectivity index is 1.23. The summed E-state index contributed by atoms with van der Waals surface area (Å²) in [7, 11) is 0. The molecule has 28 aromatic rings.